The zero-order valence-electron chi connectivity index (χ0n) is 10.8. The van der Waals surface area contributed by atoms with E-state index in [2.05, 4.69) is 21.5 Å². The van der Waals surface area contributed by atoms with E-state index in [1.165, 1.54) is 31.4 Å². The van der Waals surface area contributed by atoms with Crippen molar-refractivity contribution in [3.05, 3.63) is 23.8 Å². The fourth-order valence-electron chi connectivity index (χ4n) is 3.13. The normalized spacial score (nSPS) is 29.3. The first-order chi connectivity index (χ1) is 8.72. The molecule has 0 aromatic heterocycles. The molecule has 1 aliphatic carbocycles. The molecule has 2 heterocycles. The van der Waals surface area contributed by atoms with Crippen LogP contribution < -0.4 is 16.9 Å². The zero-order chi connectivity index (χ0) is 12.5. The molecule has 5 N–H and O–H groups in total. The highest BCUT2D eigenvalue weighted by molar-refractivity contribution is 5.24. The Labute approximate surface area is 108 Å². The van der Waals surface area contributed by atoms with Gasteiger partial charge in [-0.05, 0) is 19.3 Å². The van der Waals surface area contributed by atoms with Crippen LogP contribution in [0.25, 0.3) is 0 Å². The lowest BCUT2D eigenvalue weighted by atomic mass is 10.2. The summed E-state index contributed by atoms with van der Waals surface area (Å²) in [6.45, 7) is 1.98. The summed E-state index contributed by atoms with van der Waals surface area (Å²) in [6.07, 6.45) is 10.4. The fraction of sp³-hybridized carbons (Fsp3) is 0.692. The molecule has 0 aromatic carbocycles. The zero-order valence-corrected chi connectivity index (χ0v) is 10.8. The molecule has 0 aromatic rings. The highest BCUT2D eigenvalue weighted by Gasteiger charge is 2.26. The van der Waals surface area contributed by atoms with Gasteiger partial charge in [0.05, 0.1) is 5.70 Å². The van der Waals surface area contributed by atoms with Crippen molar-refractivity contribution in [3.63, 3.8) is 0 Å². The van der Waals surface area contributed by atoms with Crippen molar-refractivity contribution >= 4 is 0 Å². The van der Waals surface area contributed by atoms with Crippen LogP contribution in [0.4, 0.5) is 0 Å². The Hall–Kier alpha value is -1.36. The van der Waals surface area contributed by atoms with E-state index in [9.17, 15) is 0 Å². The van der Waals surface area contributed by atoms with Crippen LogP contribution in [0.1, 0.15) is 32.1 Å². The Kier molecular flexibility index (Phi) is 3.07. The summed E-state index contributed by atoms with van der Waals surface area (Å²) >= 11 is 0. The Morgan fingerprint density at radius 3 is 2.67 bits per heavy atom. The van der Waals surface area contributed by atoms with Crippen molar-refractivity contribution in [2.45, 2.75) is 44.2 Å². The number of nitrogens with two attached hydrogens (primary N) is 2. The maximum Gasteiger partial charge on any atom is 0.117 e. The van der Waals surface area contributed by atoms with Crippen LogP contribution in [0.15, 0.2) is 23.8 Å². The molecule has 1 atom stereocenters. The predicted octanol–water partition coefficient (Wildman–Crippen LogP) is 0.424. The molecular weight excluding hydrogens is 226 g/mol. The van der Waals surface area contributed by atoms with Crippen LogP contribution in [0.5, 0.6) is 0 Å². The Bertz CT molecular complexity index is 370. The number of nitrogens with one attached hydrogen (secondary N) is 1. The summed E-state index contributed by atoms with van der Waals surface area (Å²) in [5, 5.41) is 2.20. The molecule has 0 amide bonds. The summed E-state index contributed by atoms with van der Waals surface area (Å²) in [5.74, 6) is 0.736. The van der Waals surface area contributed by atoms with Gasteiger partial charge in [0, 0.05) is 37.4 Å². The quantitative estimate of drug-likeness (QED) is 0.662. The lowest BCUT2D eigenvalue weighted by Gasteiger charge is -2.34. The van der Waals surface area contributed by atoms with Crippen molar-refractivity contribution in [3.8, 4) is 0 Å². The van der Waals surface area contributed by atoms with Crippen LogP contribution in [-0.2, 0) is 0 Å². The SMILES string of the molecule is NC1=CC(N2CC[C@@H](N)C2)=CN(C2CCCC2)N1. The van der Waals surface area contributed by atoms with Gasteiger partial charge in [-0.1, -0.05) is 12.8 Å². The average molecular weight is 249 g/mol. The first kappa shape index (κ1) is 11.7. The van der Waals surface area contributed by atoms with E-state index in [-0.39, 0.29) is 0 Å². The summed E-state index contributed by atoms with van der Waals surface area (Å²) < 4.78 is 0. The van der Waals surface area contributed by atoms with E-state index in [0.29, 0.717) is 12.1 Å². The van der Waals surface area contributed by atoms with Gasteiger partial charge in [-0.2, -0.15) is 0 Å². The van der Waals surface area contributed by atoms with E-state index in [4.69, 9.17) is 11.5 Å². The molecular formula is C13H23N5. The minimum absolute atomic E-state index is 0.301. The van der Waals surface area contributed by atoms with Gasteiger partial charge in [0.2, 0.25) is 0 Å². The minimum atomic E-state index is 0.301. The number of hydrazine groups is 1. The number of rotatable bonds is 2. The van der Waals surface area contributed by atoms with Crippen LogP contribution in [0.3, 0.4) is 0 Å². The Balaban J connectivity index is 1.74. The van der Waals surface area contributed by atoms with E-state index in [1.54, 1.807) is 0 Å². The molecule has 0 spiro atoms. The first-order valence-corrected chi connectivity index (χ1v) is 6.97. The van der Waals surface area contributed by atoms with Crippen LogP contribution in [-0.4, -0.2) is 35.1 Å². The van der Waals surface area contributed by atoms with E-state index >= 15 is 0 Å². The van der Waals surface area contributed by atoms with Crippen LogP contribution in [0.2, 0.25) is 0 Å². The number of hydrogen-bond donors (Lipinski definition) is 3. The molecule has 0 unspecified atom stereocenters. The lowest BCUT2D eigenvalue weighted by molar-refractivity contribution is 0.206. The molecule has 0 bridgehead atoms. The predicted molar refractivity (Wildman–Crippen MR) is 71.7 cm³/mol. The number of likely N-dealkylation sites (tertiary alicyclic amines) is 1. The minimum Gasteiger partial charge on any atom is -0.384 e. The van der Waals surface area contributed by atoms with E-state index < -0.39 is 0 Å². The van der Waals surface area contributed by atoms with Crippen molar-refractivity contribution < 1.29 is 0 Å². The maximum atomic E-state index is 5.99. The summed E-state index contributed by atoms with van der Waals surface area (Å²) in [5.41, 5.74) is 16.4. The number of allylic oxidation sites excluding steroid dienone is 1. The monoisotopic (exact) mass is 249 g/mol. The van der Waals surface area contributed by atoms with Crippen molar-refractivity contribution in [2.75, 3.05) is 13.1 Å². The molecule has 18 heavy (non-hydrogen) atoms. The van der Waals surface area contributed by atoms with Crippen molar-refractivity contribution in [2.24, 2.45) is 11.5 Å². The largest absolute Gasteiger partial charge is 0.384 e. The van der Waals surface area contributed by atoms with Crippen LogP contribution >= 0.6 is 0 Å². The molecule has 1 saturated heterocycles. The smallest absolute Gasteiger partial charge is 0.117 e. The first-order valence-electron chi connectivity index (χ1n) is 6.97. The average Bonchev–Trinajstić information content (AvgIpc) is 2.98. The Morgan fingerprint density at radius 1 is 1.22 bits per heavy atom. The second kappa shape index (κ2) is 4.72. The third-order valence-corrected chi connectivity index (χ3v) is 4.14. The maximum absolute atomic E-state index is 5.99. The van der Waals surface area contributed by atoms with Gasteiger partial charge in [-0.3, -0.25) is 10.4 Å². The number of hydrogen-bond acceptors (Lipinski definition) is 5. The van der Waals surface area contributed by atoms with Gasteiger partial charge in [0.25, 0.3) is 0 Å². The third kappa shape index (κ3) is 2.27. The second-order valence-electron chi connectivity index (χ2n) is 5.61. The summed E-state index contributed by atoms with van der Waals surface area (Å²) in [4.78, 5) is 2.33. The van der Waals surface area contributed by atoms with Crippen molar-refractivity contribution in [1.82, 2.24) is 15.3 Å². The highest BCUT2D eigenvalue weighted by Crippen LogP contribution is 2.26. The van der Waals surface area contributed by atoms with Gasteiger partial charge in [-0.25, -0.2) is 0 Å². The van der Waals surface area contributed by atoms with Gasteiger partial charge in [0.15, 0.2) is 0 Å². The van der Waals surface area contributed by atoms with Gasteiger partial charge in [-0.15, -0.1) is 0 Å². The Morgan fingerprint density at radius 2 is 2.00 bits per heavy atom. The molecule has 0 radical (unpaired) electrons. The van der Waals surface area contributed by atoms with Gasteiger partial charge < -0.3 is 16.4 Å². The summed E-state index contributed by atoms with van der Waals surface area (Å²) in [6, 6.07) is 0.888. The van der Waals surface area contributed by atoms with E-state index in [1.807, 2.05) is 6.08 Å². The van der Waals surface area contributed by atoms with Gasteiger partial charge >= 0.3 is 0 Å². The molecule has 3 rings (SSSR count). The second-order valence-corrected chi connectivity index (χ2v) is 5.61. The lowest BCUT2D eigenvalue weighted by Crippen LogP contribution is -2.45. The summed E-state index contributed by atoms with van der Waals surface area (Å²) in [7, 11) is 0. The van der Waals surface area contributed by atoms with Crippen molar-refractivity contribution in [1.29, 1.82) is 0 Å². The fourth-order valence-corrected chi connectivity index (χ4v) is 3.13. The third-order valence-electron chi connectivity index (χ3n) is 4.14. The molecule has 2 fully saturated rings. The molecule has 100 valence electrons. The molecule has 2 aliphatic heterocycles. The van der Waals surface area contributed by atoms with E-state index in [0.717, 1.165) is 25.3 Å². The molecule has 3 aliphatic rings. The van der Waals surface area contributed by atoms with Crippen LogP contribution in [0, 0.1) is 0 Å². The molecule has 5 nitrogen and oxygen atoms in total. The topological polar surface area (TPSA) is 70.5 Å². The molecule has 1 saturated carbocycles. The number of nitrogens with zero attached hydrogens (tertiary/aromatic N) is 2. The highest BCUT2D eigenvalue weighted by atomic mass is 15.5. The standard InChI is InChI=1S/C13H23N5/c14-10-5-6-17(8-10)12-7-13(15)16-18(9-12)11-3-1-2-4-11/h7,9-11,16H,1-6,8,14-15H2/t10-/m1/s1. The molecule has 5 heteroatoms. The van der Waals surface area contributed by atoms with Gasteiger partial charge in [0.1, 0.15) is 5.82 Å².